The summed E-state index contributed by atoms with van der Waals surface area (Å²) in [6.45, 7) is 3.68. The second-order valence-electron chi connectivity index (χ2n) is 17.8. The average Bonchev–Trinajstić information content (AvgIpc) is 3.24. The first-order valence-electron chi connectivity index (χ1n) is 26.0. The number of phosphoric ester groups is 1. The largest absolute Gasteiger partial charge is 0.472 e. The lowest BCUT2D eigenvalue weighted by molar-refractivity contribution is -0.161. The van der Waals surface area contributed by atoms with Crippen LogP contribution in [0.1, 0.15) is 277 Å². The SMILES string of the molecule is CCCCCCCCCCCCCCCCCCCCCCCCCCCCCCCCCCCCC(=O)OC(COC(=O)CCCCCCC)COP(=O)(O)OCCN. The molecule has 0 amide bonds. The summed E-state index contributed by atoms with van der Waals surface area (Å²) in [6, 6.07) is 0. The molecule has 0 aliphatic rings. The normalized spacial score (nSPS) is 13.1. The zero-order chi connectivity index (χ0) is 43.9. The molecule has 0 saturated heterocycles. The van der Waals surface area contributed by atoms with Gasteiger partial charge in [0.05, 0.1) is 13.2 Å². The fourth-order valence-corrected chi connectivity index (χ4v) is 8.64. The van der Waals surface area contributed by atoms with E-state index in [0.29, 0.717) is 6.42 Å². The maximum atomic E-state index is 12.5. The van der Waals surface area contributed by atoms with Crippen LogP contribution in [-0.2, 0) is 32.7 Å². The summed E-state index contributed by atoms with van der Waals surface area (Å²) in [4.78, 5) is 34.6. The number of carbonyl (C=O) groups is 2. The Balaban J connectivity index is 3.62. The minimum atomic E-state index is -4.36. The lowest BCUT2D eigenvalue weighted by atomic mass is 10.0. The standard InChI is InChI=1S/C50H100NO8P/c1-3-5-7-9-10-11-12-13-14-15-16-17-18-19-20-21-22-23-24-25-26-27-28-29-30-31-32-33-34-35-36-37-39-41-43-50(53)59-48(47-58-60(54,55)57-45-44-51)46-56-49(52)42-40-38-8-6-4-2/h48H,3-47,51H2,1-2H3,(H,54,55). The van der Waals surface area contributed by atoms with Gasteiger partial charge in [0.1, 0.15) is 6.61 Å². The van der Waals surface area contributed by atoms with Gasteiger partial charge in [0.15, 0.2) is 6.10 Å². The number of hydrogen-bond donors (Lipinski definition) is 2. The Labute approximate surface area is 371 Å². The lowest BCUT2D eigenvalue weighted by Crippen LogP contribution is -2.29. The van der Waals surface area contributed by atoms with E-state index in [4.69, 9.17) is 24.3 Å². The number of hydrogen-bond acceptors (Lipinski definition) is 8. The molecule has 10 heteroatoms. The third kappa shape index (κ3) is 46.5. The Morgan fingerprint density at radius 2 is 0.717 bits per heavy atom. The molecule has 0 fully saturated rings. The molecule has 0 bridgehead atoms. The summed E-state index contributed by atoms with van der Waals surface area (Å²) in [5.74, 6) is -0.827. The number of unbranched alkanes of at least 4 members (excludes halogenated alkanes) is 37. The van der Waals surface area contributed by atoms with Crippen LogP contribution in [0.25, 0.3) is 0 Å². The number of rotatable bonds is 50. The molecule has 0 radical (unpaired) electrons. The van der Waals surface area contributed by atoms with E-state index in [1.807, 2.05) is 0 Å². The fourth-order valence-electron chi connectivity index (χ4n) is 7.87. The fraction of sp³-hybridized carbons (Fsp3) is 0.960. The van der Waals surface area contributed by atoms with Crippen molar-refractivity contribution in [2.24, 2.45) is 5.73 Å². The Kier molecular flexibility index (Phi) is 46.7. The zero-order valence-electron chi connectivity index (χ0n) is 39.7. The molecule has 0 saturated carbocycles. The number of esters is 2. The van der Waals surface area contributed by atoms with Gasteiger partial charge in [-0.15, -0.1) is 0 Å². The van der Waals surface area contributed by atoms with Crippen molar-refractivity contribution in [1.29, 1.82) is 0 Å². The van der Waals surface area contributed by atoms with Crippen molar-refractivity contribution in [3.05, 3.63) is 0 Å². The Bertz CT molecular complexity index is 953. The summed E-state index contributed by atoms with van der Waals surface area (Å²) in [7, 11) is -4.36. The van der Waals surface area contributed by atoms with Crippen LogP contribution < -0.4 is 5.73 Å². The summed E-state index contributed by atoms with van der Waals surface area (Å²) in [6.07, 6.45) is 51.0. The Morgan fingerprint density at radius 3 is 1.02 bits per heavy atom. The number of ether oxygens (including phenoxy) is 2. The van der Waals surface area contributed by atoms with Gasteiger partial charge < -0.3 is 20.1 Å². The quantitative estimate of drug-likeness (QED) is 0.0348. The van der Waals surface area contributed by atoms with Crippen LogP contribution in [0.3, 0.4) is 0 Å². The highest BCUT2D eigenvalue weighted by molar-refractivity contribution is 7.47. The average molecular weight is 874 g/mol. The van der Waals surface area contributed by atoms with Crippen LogP contribution in [0.2, 0.25) is 0 Å². The lowest BCUT2D eigenvalue weighted by Gasteiger charge is -2.19. The zero-order valence-corrected chi connectivity index (χ0v) is 40.6. The van der Waals surface area contributed by atoms with Crippen molar-refractivity contribution in [3.63, 3.8) is 0 Å². The monoisotopic (exact) mass is 874 g/mol. The van der Waals surface area contributed by atoms with Crippen molar-refractivity contribution in [1.82, 2.24) is 0 Å². The first-order chi connectivity index (χ1) is 29.3. The third-order valence-corrected chi connectivity index (χ3v) is 12.7. The van der Waals surface area contributed by atoms with Gasteiger partial charge in [0, 0.05) is 19.4 Å². The van der Waals surface area contributed by atoms with Crippen LogP contribution >= 0.6 is 7.82 Å². The van der Waals surface area contributed by atoms with Crippen LogP contribution in [0, 0.1) is 0 Å². The van der Waals surface area contributed by atoms with Crippen LogP contribution in [0.5, 0.6) is 0 Å². The highest BCUT2D eigenvalue weighted by Gasteiger charge is 2.26. The third-order valence-electron chi connectivity index (χ3n) is 11.7. The van der Waals surface area contributed by atoms with Crippen LogP contribution in [0.4, 0.5) is 0 Å². The van der Waals surface area contributed by atoms with Crippen molar-refractivity contribution in [2.45, 2.75) is 283 Å². The van der Waals surface area contributed by atoms with Gasteiger partial charge in [-0.05, 0) is 12.8 Å². The van der Waals surface area contributed by atoms with E-state index in [9.17, 15) is 19.0 Å². The minimum absolute atomic E-state index is 0.0575. The molecule has 0 aliphatic heterocycles. The van der Waals surface area contributed by atoms with Crippen LogP contribution in [-0.4, -0.2) is 49.3 Å². The highest BCUT2D eigenvalue weighted by atomic mass is 31.2. The molecule has 358 valence electrons. The molecule has 0 aromatic heterocycles. The molecule has 0 aromatic carbocycles. The van der Waals surface area contributed by atoms with E-state index in [2.05, 4.69) is 13.8 Å². The van der Waals surface area contributed by atoms with Gasteiger partial charge in [-0.1, -0.05) is 251 Å². The van der Waals surface area contributed by atoms with Crippen molar-refractivity contribution >= 4 is 19.8 Å². The first-order valence-corrected chi connectivity index (χ1v) is 27.5. The number of phosphoric acid groups is 1. The van der Waals surface area contributed by atoms with Crippen LogP contribution in [0.15, 0.2) is 0 Å². The van der Waals surface area contributed by atoms with E-state index < -0.39 is 26.5 Å². The van der Waals surface area contributed by atoms with Crippen molar-refractivity contribution in [2.75, 3.05) is 26.4 Å². The molecule has 3 N–H and O–H groups in total. The van der Waals surface area contributed by atoms with Crippen molar-refractivity contribution < 1.29 is 37.6 Å². The van der Waals surface area contributed by atoms with Gasteiger partial charge in [0.2, 0.25) is 0 Å². The predicted octanol–water partition coefficient (Wildman–Crippen LogP) is 15.6. The number of nitrogens with two attached hydrogens (primary N) is 1. The highest BCUT2D eigenvalue weighted by Crippen LogP contribution is 2.43. The molecule has 0 heterocycles. The molecule has 2 atom stereocenters. The van der Waals surface area contributed by atoms with E-state index in [0.717, 1.165) is 44.9 Å². The topological polar surface area (TPSA) is 134 Å². The van der Waals surface area contributed by atoms with E-state index in [-0.39, 0.29) is 38.6 Å². The molecule has 0 spiro atoms. The second-order valence-corrected chi connectivity index (χ2v) is 19.2. The van der Waals surface area contributed by atoms with E-state index in [1.54, 1.807) is 0 Å². The van der Waals surface area contributed by atoms with Crippen molar-refractivity contribution in [3.8, 4) is 0 Å². The molecular formula is C50H100NO8P. The maximum absolute atomic E-state index is 12.5. The van der Waals surface area contributed by atoms with Gasteiger partial charge >= 0.3 is 19.8 Å². The smallest absolute Gasteiger partial charge is 0.462 e. The summed E-state index contributed by atoms with van der Waals surface area (Å²) in [5.41, 5.74) is 5.33. The molecule has 2 unspecified atom stereocenters. The maximum Gasteiger partial charge on any atom is 0.472 e. The minimum Gasteiger partial charge on any atom is -0.462 e. The molecule has 0 aliphatic carbocycles. The molecule has 0 rings (SSSR count). The second kappa shape index (κ2) is 47.5. The predicted molar refractivity (Wildman–Crippen MR) is 252 cm³/mol. The number of carbonyl (C=O) groups excluding carboxylic acids is 2. The molecule has 0 aromatic rings. The molecule has 60 heavy (non-hydrogen) atoms. The Hall–Kier alpha value is -0.990. The van der Waals surface area contributed by atoms with E-state index >= 15 is 0 Å². The van der Waals surface area contributed by atoms with Gasteiger partial charge in [0.25, 0.3) is 0 Å². The summed E-state index contributed by atoms with van der Waals surface area (Å²) in [5, 5.41) is 0. The van der Waals surface area contributed by atoms with Gasteiger partial charge in [-0.3, -0.25) is 18.6 Å². The summed E-state index contributed by atoms with van der Waals surface area (Å²) < 4.78 is 32.6. The first kappa shape index (κ1) is 59.0. The van der Waals surface area contributed by atoms with Gasteiger partial charge in [-0.25, -0.2) is 4.57 Å². The molecule has 9 nitrogen and oxygen atoms in total. The van der Waals surface area contributed by atoms with Gasteiger partial charge in [-0.2, -0.15) is 0 Å². The Morgan fingerprint density at radius 1 is 0.433 bits per heavy atom. The molecular weight excluding hydrogens is 774 g/mol. The van der Waals surface area contributed by atoms with E-state index in [1.165, 1.54) is 199 Å². The summed E-state index contributed by atoms with van der Waals surface area (Å²) >= 11 is 0.